The summed E-state index contributed by atoms with van der Waals surface area (Å²) in [4.78, 5) is 14.8. The van der Waals surface area contributed by atoms with Crippen LogP contribution in [0.3, 0.4) is 0 Å². The van der Waals surface area contributed by atoms with Crippen molar-refractivity contribution >= 4 is 44.8 Å². The maximum atomic E-state index is 12.7. The molecule has 0 unspecified atom stereocenters. The number of sulfonamides is 1. The molecule has 0 bridgehead atoms. The van der Waals surface area contributed by atoms with Crippen LogP contribution in [0.2, 0.25) is 10.0 Å². The zero-order valence-electron chi connectivity index (χ0n) is 15.3. The second kappa shape index (κ2) is 8.80. The Bertz CT molecular complexity index is 946. The zero-order valence-corrected chi connectivity index (χ0v) is 17.6. The SMILES string of the molecule is C[C@H](C(=O)Nc1cc(Cl)ccc1Cl)N1CCN(S(=O)(=O)c2ccccc2)CC1. The molecule has 28 heavy (non-hydrogen) atoms. The Kier molecular flexibility index (Phi) is 6.62. The van der Waals surface area contributed by atoms with Crippen LogP contribution < -0.4 is 5.32 Å². The summed E-state index contributed by atoms with van der Waals surface area (Å²) in [5.74, 6) is -0.219. The molecule has 1 atom stereocenters. The normalized spacial score (nSPS) is 17.2. The Labute approximate surface area is 175 Å². The molecule has 2 aromatic rings. The fraction of sp³-hybridized carbons (Fsp3) is 0.316. The van der Waals surface area contributed by atoms with E-state index in [1.165, 1.54) is 4.31 Å². The molecule has 1 N–H and O–H groups in total. The van der Waals surface area contributed by atoms with Gasteiger partial charge in [-0.05, 0) is 37.3 Å². The molecule has 9 heteroatoms. The van der Waals surface area contributed by atoms with E-state index in [0.717, 1.165) is 0 Å². The van der Waals surface area contributed by atoms with Crippen LogP contribution in [0.5, 0.6) is 0 Å². The summed E-state index contributed by atoms with van der Waals surface area (Å²) >= 11 is 12.1. The fourth-order valence-electron chi connectivity index (χ4n) is 3.07. The number of nitrogens with zero attached hydrogens (tertiary/aromatic N) is 2. The number of rotatable bonds is 5. The fourth-order valence-corrected chi connectivity index (χ4v) is 4.85. The van der Waals surface area contributed by atoms with Gasteiger partial charge in [-0.1, -0.05) is 41.4 Å². The van der Waals surface area contributed by atoms with Gasteiger partial charge in [0.25, 0.3) is 0 Å². The van der Waals surface area contributed by atoms with Gasteiger partial charge < -0.3 is 5.32 Å². The summed E-state index contributed by atoms with van der Waals surface area (Å²) in [6.45, 7) is 3.36. The third kappa shape index (κ3) is 4.67. The molecule has 2 aromatic carbocycles. The van der Waals surface area contributed by atoms with E-state index < -0.39 is 16.1 Å². The Morgan fingerprint density at radius 2 is 1.68 bits per heavy atom. The summed E-state index contributed by atoms with van der Waals surface area (Å²) in [5, 5.41) is 3.67. The number of hydrogen-bond acceptors (Lipinski definition) is 4. The first-order valence-corrected chi connectivity index (χ1v) is 11.0. The van der Waals surface area contributed by atoms with Gasteiger partial charge in [-0.3, -0.25) is 9.69 Å². The van der Waals surface area contributed by atoms with Crippen molar-refractivity contribution in [2.45, 2.75) is 17.9 Å². The Morgan fingerprint density at radius 1 is 1.04 bits per heavy atom. The second-order valence-corrected chi connectivity index (χ2v) is 9.32. The number of halogens is 2. The Hall–Kier alpha value is -1.64. The molecule has 0 spiro atoms. The first-order chi connectivity index (χ1) is 13.3. The van der Waals surface area contributed by atoms with E-state index in [1.807, 2.05) is 4.90 Å². The lowest BCUT2D eigenvalue weighted by Gasteiger charge is -2.36. The highest BCUT2D eigenvalue weighted by atomic mass is 35.5. The monoisotopic (exact) mass is 441 g/mol. The van der Waals surface area contributed by atoms with Gasteiger partial charge in [-0.15, -0.1) is 0 Å². The highest BCUT2D eigenvalue weighted by Crippen LogP contribution is 2.26. The summed E-state index contributed by atoms with van der Waals surface area (Å²) in [5.41, 5.74) is 0.455. The van der Waals surface area contributed by atoms with Gasteiger partial charge >= 0.3 is 0 Å². The number of benzene rings is 2. The van der Waals surface area contributed by atoms with Gasteiger partial charge in [0.2, 0.25) is 15.9 Å². The third-order valence-corrected chi connectivity index (χ3v) is 7.25. The second-order valence-electron chi connectivity index (χ2n) is 6.54. The molecule has 1 saturated heterocycles. The molecule has 1 heterocycles. The Balaban J connectivity index is 1.61. The lowest BCUT2D eigenvalue weighted by atomic mass is 10.2. The molecule has 0 aromatic heterocycles. The van der Waals surface area contributed by atoms with Crippen molar-refractivity contribution in [2.24, 2.45) is 0 Å². The molecule has 3 rings (SSSR count). The number of carbonyl (C=O) groups is 1. The number of nitrogens with one attached hydrogen (secondary N) is 1. The topological polar surface area (TPSA) is 69.7 Å². The van der Waals surface area contributed by atoms with Gasteiger partial charge in [0, 0.05) is 31.2 Å². The van der Waals surface area contributed by atoms with Gasteiger partial charge in [0.1, 0.15) is 0 Å². The number of carbonyl (C=O) groups excluding carboxylic acids is 1. The van der Waals surface area contributed by atoms with Crippen molar-refractivity contribution in [3.63, 3.8) is 0 Å². The molecular formula is C19H21Cl2N3O3S. The number of hydrogen-bond donors (Lipinski definition) is 1. The number of anilines is 1. The molecule has 1 aliphatic heterocycles. The van der Waals surface area contributed by atoms with Crippen LogP contribution in [0.4, 0.5) is 5.69 Å². The van der Waals surface area contributed by atoms with Crippen LogP contribution in [0.25, 0.3) is 0 Å². The molecule has 0 radical (unpaired) electrons. The van der Waals surface area contributed by atoms with E-state index in [4.69, 9.17) is 23.2 Å². The molecular weight excluding hydrogens is 421 g/mol. The highest BCUT2D eigenvalue weighted by Gasteiger charge is 2.31. The third-order valence-electron chi connectivity index (χ3n) is 4.77. The molecule has 6 nitrogen and oxygen atoms in total. The van der Waals surface area contributed by atoms with Crippen LogP contribution in [0.1, 0.15) is 6.92 Å². The lowest BCUT2D eigenvalue weighted by molar-refractivity contribution is -0.121. The summed E-state index contributed by atoms with van der Waals surface area (Å²) < 4.78 is 26.9. The van der Waals surface area contributed by atoms with Crippen molar-refractivity contribution < 1.29 is 13.2 Å². The van der Waals surface area contributed by atoms with Crippen LogP contribution >= 0.6 is 23.2 Å². The summed E-state index contributed by atoms with van der Waals surface area (Å²) in [6, 6.07) is 12.8. The van der Waals surface area contributed by atoms with Crippen LogP contribution in [-0.4, -0.2) is 55.8 Å². The standard InChI is InChI=1S/C19H21Cl2N3O3S/c1-14(19(25)22-18-13-15(20)7-8-17(18)21)23-9-11-24(12-10-23)28(26,27)16-5-3-2-4-6-16/h2-8,13-14H,9-12H2,1H3,(H,22,25)/t14-/m1/s1. The first-order valence-electron chi connectivity index (χ1n) is 8.84. The van der Waals surface area contributed by atoms with Crippen molar-refractivity contribution in [2.75, 3.05) is 31.5 Å². The lowest BCUT2D eigenvalue weighted by Crippen LogP contribution is -2.53. The minimum absolute atomic E-state index is 0.219. The molecule has 0 aliphatic carbocycles. The minimum Gasteiger partial charge on any atom is -0.323 e. The quantitative estimate of drug-likeness (QED) is 0.772. The van der Waals surface area contributed by atoms with Gasteiger partial charge in [0.05, 0.1) is 21.6 Å². The maximum Gasteiger partial charge on any atom is 0.243 e. The minimum atomic E-state index is -3.52. The molecule has 150 valence electrons. The van der Waals surface area contributed by atoms with Crippen molar-refractivity contribution in [3.05, 3.63) is 58.6 Å². The van der Waals surface area contributed by atoms with Crippen molar-refractivity contribution in [3.8, 4) is 0 Å². The maximum absolute atomic E-state index is 12.7. The van der Waals surface area contributed by atoms with Crippen LogP contribution in [0.15, 0.2) is 53.4 Å². The summed E-state index contributed by atoms with van der Waals surface area (Å²) in [7, 11) is -3.52. The van der Waals surface area contributed by atoms with E-state index in [1.54, 1.807) is 55.5 Å². The number of amides is 1. The smallest absolute Gasteiger partial charge is 0.243 e. The average Bonchev–Trinajstić information content (AvgIpc) is 2.71. The first kappa shape index (κ1) is 21.1. The Morgan fingerprint density at radius 3 is 2.32 bits per heavy atom. The van der Waals surface area contributed by atoms with E-state index in [0.29, 0.717) is 41.9 Å². The molecule has 0 saturated carbocycles. The van der Waals surface area contributed by atoms with E-state index in [9.17, 15) is 13.2 Å². The van der Waals surface area contributed by atoms with Gasteiger partial charge in [0.15, 0.2) is 0 Å². The predicted molar refractivity (Wildman–Crippen MR) is 111 cm³/mol. The molecule has 1 fully saturated rings. The van der Waals surface area contributed by atoms with Crippen LogP contribution in [0, 0.1) is 0 Å². The average molecular weight is 442 g/mol. The number of piperazine rings is 1. The van der Waals surface area contributed by atoms with E-state index in [-0.39, 0.29) is 10.8 Å². The van der Waals surface area contributed by atoms with E-state index in [2.05, 4.69) is 5.32 Å². The van der Waals surface area contributed by atoms with Gasteiger partial charge in [-0.2, -0.15) is 4.31 Å². The summed E-state index contributed by atoms with van der Waals surface area (Å²) in [6.07, 6.45) is 0. The largest absolute Gasteiger partial charge is 0.323 e. The predicted octanol–water partition coefficient (Wildman–Crippen LogP) is 3.33. The zero-order chi connectivity index (χ0) is 20.3. The van der Waals surface area contributed by atoms with Crippen LogP contribution in [-0.2, 0) is 14.8 Å². The molecule has 1 amide bonds. The van der Waals surface area contributed by atoms with Gasteiger partial charge in [-0.25, -0.2) is 8.42 Å². The van der Waals surface area contributed by atoms with Crippen molar-refractivity contribution in [1.29, 1.82) is 0 Å². The van der Waals surface area contributed by atoms with Crippen molar-refractivity contribution in [1.82, 2.24) is 9.21 Å². The highest BCUT2D eigenvalue weighted by molar-refractivity contribution is 7.89. The molecule has 1 aliphatic rings. The van der Waals surface area contributed by atoms with E-state index >= 15 is 0 Å².